The fraction of sp³-hybridized carbons (Fsp3) is 0.600. The number of hydrogen-bond donors (Lipinski definition) is 3. The molecular formula is C40H61N6O10P. The van der Waals surface area contributed by atoms with Gasteiger partial charge in [-0.1, -0.05) is 0 Å². The molecule has 0 unspecified atom stereocenters. The van der Waals surface area contributed by atoms with Gasteiger partial charge >= 0.3 is 336 Å². The molecule has 1 aliphatic rings. The van der Waals surface area contributed by atoms with Crippen molar-refractivity contribution in [2.75, 3.05) is 26.0 Å². The number of esters is 3. The van der Waals surface area contributed by atoms with Crippen LogP contribution < -0.4 is 15.3 Å². The molecule has 1 aromatic carbocycles. The summed E-state index contributed by atoms with van der Waals surface area (Å²) in [4.78, 5) is 60.6. The van der Waals surface area contributed by atoms with E-state index in [2.05, 4.69) is 40.9 Å². The average Bonchev–Trinajstić information content (AvgIpc) is 3.67. The summed E-state index contributed by atoms with van der Waals surface area (Å²) in [5.41, 5.74) is 6.03. The summed E-state index contributed by atoms with van der Waals surface area (Å²) in [5.74, 6) is -2.55. The van der Waals surface area contributed by atoms with Crippen LogP contribution in [0.3, 0.4) is 0 Å². The maximum atomic E-state index is 13.4. The van der Waals surface area contributed by atoms with Crippen molar-refractivity contribution in [2.45, 2.75) is 118 Å². The molecule has 1 aliphatic heterocycles. The van der Waals surface area contributed by atoms with Crippen LogP contribution in [0.25, 0.3) is 5.52 Å². The molecule has 316 valence electrons. The number of nitrogens with zero attached hydrogens (tertiary/aromatic N) is 4. The number of nitrogen functional groups attached to an aromatic ring is 1. The monoisotopic (exact) mass is 816 g/mol. The Hall–Kier alpha value is -4.21. The van der Waals surface area contributed by atoms with Crippen LogP contribution in [0.1, 0.15) is 93.8 Å². The first-order valence-corrected chi connectivity index (χ1v) is 21.0. The zero-order valence-electron chi connectivity index (χ0n) is 35.2. The van der Waals surface area contributed by atoms with Gasteiger partial charge in [0.2, 0.25) is 0 Å². The predicted octanol–water partition coefficient (Wildman–Crippen LogP) is 5.49. The van der Waals surface area contributed by atoms with Crippen LogP contribution >= 0.6 is 8.09 Å². The summed E-state index contributed by atoms with van der Waals surface area (Å²) in [5, 5.41) is 7.26. The van der Waals surface area contributed by atoms with Gasteiger partial charge in [0, 0.05) is 0 Å². The molecule has 2 aromatic heterocycles. The summed E-state index contributed by atoms with van der Waals surface area (Å²) in [6.07, 6.45) is -0.548. The number of hydrogen-bond acceptors (Lipinski definition) is 15. The minimum absolute atomic E-state index is 0.0689. The first kappa shape index (κ1) is 45.5. The zero-order chi connectivity index (χ0) is 42.5. The Morgan fingerprint density at radius 2 is 1.63 bits per heavy atom. The van der Waals surface area contributed by atoms with Gasteiger partial charge < -0.3 is 0 Å². The predicted molar refractivity (Wildman–Crippen MR) is 218 cm³/mol. The minimum atomic E-state index is -4.62. The van der Waals surface area contributed by atoms with Crippen molar-refractivity contribution in [3.63, 3.8) is 0 Å². The quantitative estimate of drug-likeness (QED) is 0.0707. The van der Waals surface area contributed by atoms with E-state index in [-0.39, 0.29) is 29.0 Å². The number of ether oxygens (including phenoxy) is 4. The standard InChI is InChI=1S/C40H61N6O10P/c1-24(2)35(47)53-32-30(55-40(22-42-12,33(32)54-36(48)25(3)4)31-18-17-29-34(41)43-23-44-46(29)31)21-52-57(50,45-26(5)37(49)51-20-19-38(6,7)8)56-28-15-13-27(14-16-28)39(9,10)11/h13-18,22-26,30,32-33,45,50,57H,19-21H2,1-12H3,(H2,41,43,44)/b42-22-/t26-,30+,32+,33+,40-/m0/s1. The molecule has 17 heteroatoms. The summed E-state index contributed by atoms with van der Waals surface area (Å²) in [6.45, 7) is 20.2. The molecule has 0 aliphatic carbocycles. The van der Waals surface area contributed by atoms with E-state index >= 15 is 0 Å². The molecule has 0 saturated carbocycles. The summed E-state index contributed by atoms with van der Waals surface area (Å²) in [7, 11) is -3.11. The molecule has 5 atom stereocenters. The van der Waals surface area contributed by atoms with E-state index in [1.807, 2.05) is 32.9 Å². The van der Waals surface area contributed by atoms with E-state index in [1.165, 1.54) is 31.0 Å². The van der Waals surface area contributed by atoms with Crippen molar-refractivity contribution in [3.8, 4) is 5.75 Å². The van der Waals surface area contributed by atoms with Crippen LogP contribution in [-0.4, -0.2) is 88.2 Å². The Balaban J connectivity index is 1.79. The number of rotatable bonds is 16. The van der Waals surface area contributed by atoms with Crippen molar-refractivity contribution in [2.24, 2.45) is 22.2 Å². The molecule has 4 N–H and O–H groups in total. The van der Waals surface area contributed by atoms with Gasteiger partial charge in [0.15, 0.2) is 0 Å². The van der Waals surface area contributed by atoms with Gasteiger partial charge in [-0.25, -0.2) is 0 Å². The van der Waals surface area contributed by atoms with Crippen LogP contribution in [0.15, 0.2) is 47.7 Å². The van der Waals surface area contributed by atoms with Crippen LogP contribution in [-0.2, 0) is 48.9 Å². The number of benzene rings is 1. The number of fused-ring (bicyclic) bond motifs is 1. The summed E-state index contributed by atoms with van der Waals surface area (Å²) >= 11 is 0. The van der Waals surface area contributed by atoms with Crippen molar-refractivity contribution in [3.05, 3.63) is 54.0 Å². The van der Waals surface area contributed by atoms with Gasteiger partial charge in [0.25, 0.3) is 0 Å². The summed E-state index contributed by atoms with van der Waals surface area (Å²) in [6, 6.07) is 9.43. The molecular weight excluding hydrogens is 755 g/mol. The normalized spacial score (nSPS) is 21.3. The number of nitrogens with one attached hydrogen (secondary N) is 1. The molecule has 3 heterocycles. The number of carbonyl (C=O) groups is 3. The Morgan fingerprint density at radius 1 is 1.00 bits per heavy atom. The van der Waals surface area contributed by atoms with Crippen LogP contribution in [0.4, 0.5) is 5.82 Å². The van der Waals surface area contributed by atoms with Crippen molar-refractivity contribution in [1.82, 2.24) is 19.7 Å². The number of aliphatic imine (C=N–C) groups is 1. The molecule has 1 fully saturated rings. The second-order valence-corrected chi connectivity index (χ2v) is 19.1. The van der Waals surface area contributed by atoms with E-state index in [0.717, 1.165) is 5.56 Å². The Kier molecular flexibility index (Phi) is 14.5. The van der Waals surface area contributed by atoms with Crippen LogP contribution in [0.5, 0.6) is 5.75 Å². The molecule has 1 saturated heterocycles. The van der Waals surface area contributed by atoms with Gasteiger partial charge in [-0.05, 0) is 0 Å². The number of aromatic nitrogens is 3. The van der Waals surface area contributed by atoms with Crippen LogP contribution in [0.2, 0.25) is 0 Å². The molecule has 0 spiro atoms. The third-order valence-electron chi connectivity index (χ3n) is 9.34. The second kappa shape index (κ2) is 18.2. The van der Waals surface area contributed by atoms with E-state index in [1.54, 1.807) is 52.0 Å². The third kappa shape index (κ3) is 11.3. The van der Waals surface area contributed by atoms with Crippen LogP contribution in [0, 0.1) is 17.3 Å². The molecule has 3 aromatic rings. The zero-order valence-corrected chi connectivity index (χ0v) is 36.2. The first-order chi connectivity index (χ1) is 26.5. The molecule has 0 radical (unpaired) electrons. The Morgan fingerprint density at radius 3 is 2.21 bits per heavy atom. The molecule has 0 bridgehead atoms. The Labute approximate surface area is 335 Å². The van der Waals surface area contributed by atoms with Crippen molar-refractivity contribution >= 4 is 43.6 Å². The third-order valence-corrected chi connectivity index (χ3v) is 11.2. The molecule has 0 amide bonds. The average molecular weight is 817 g/mol. The van der Waals surface area contributed by atoms with Crippen molar-refractivity contribution in [1.29, 1.82) is 0 Å². The number of nitrogens with two attached hydrogens (primary N) is 1. The molecule has 16 nitrogen and oxygen atoms in total. The van der Waals surface area contributed by atoms with E-state index < -0.39 is 74.4 Å². The summed E-state index contributed by atoms with van der Waals surface area (Å²) < 4.78 is 38.5. The van der Waals surface area contributed by atoms with Gasteiger partial charge in [-0.3, -0.25) is 0 Å². The molecule has 57 heavy (non-hydrogen) atoms. The topological polar surface area (TPSA) is 207 Å². The SMILES string of the molecule is C/N=C\[C@@]1(c2ccc3c(N)ncnn23)O[C@H](CO[PH](O)(N[C@@H](C)C(=O)OCCC(C)(C)C)Oc2ccc(C(C)(C)C)cc2)[C@@H](OC(=O)C(C)C)[C@H]1OC(=O)C(C)C. The fourth-order valence-electron chi connectivity index (χ4n) is 5.99. The van der Waals surface area contributed by atoms with E-state index in [0.29, 0.717) is 17.6 Å². The first-order valence-electron chi connectivity index (χ1n) is 19.2. The van der Waals surface area contributed by atoms with Gasteiger partial charge in [-0.2, -0.15) is 0 Å². The maximum absolute atomic E-state index is 13.4. The van der Waals surface area contributed by atoms with Crippen molar-refractivity contribution < 1.29 is 47.3 Å². The van der Waals surface area contributed by atoms with Gasteiger partial charge in [0.1, 0.15) is 0 Å². The number of carbonyl (C=O) groups excluding carboxylic acids is 3. The van der Waals surface area contributed by atoms with Gasteiger partial charge in [0.05, 0.1) is 0 Å². The molecule has 4 rings (SSSR count). The Bertz CT molecular complexity index is 1890. The van der Waals surface area contributed by atoms with Gasteiger partial charge in [-0.15, -0.1) is 0 Å². The van der Waals surface area contributed by atoms with E-state index in [4.69, 9.17) is 33.7 Å². The van der Waals surface area contributed by atoms with E-state index in [9.17, 15) is 19.3 Å². The second-order valence-electron chi connectivity index (χ2n) is 17.2. The fourth-order valence-corrected chi connectivity index (χ4v) is 7.70. The number of anilines is 1.